The van der Waals surface area contributed by atoms with Crippen molar-refractivity contribution in [2.75, 3.05) is 20.3 Å². The molecule has 1 aliphatic rings. The van der Waals surface area contributed by atoms with E-state index in [-0.39, 0.29) is 24.4 Å². The third-order valence-corrected chi connectivity index (χ3v) is 6.95. The van der Waals surface area contributed by atoms with Crippen molar-refractivity contribution in [3.63, 3.8) is 0 Å². The molecule has 1 aliphatic carbocycles. The van der Waals surface area contributed by atoms with Crippen LogP contribution >= 0.6 is 0 Å². The molecule has 3 aromatic carbocycles. The van der Waals surface area contributed by atoms with Crippen LogP contribution in [0.1, 0.15) is 45.5 Å². The van der Waals surface area contributed by atoms with Gasteiger partial charge in [-0.3, -0.25) is 4.79 Å². The van der Waals surface area contributed by atoms with Crippen molar-refractivity contribution in [1.82, 2.24) is 10.6 Å². The monoisotopic (exact) mass is 518 g/mol. The topological polar surface area (TPSA) is 70.6 Å². The molecule has 0 radical (unpaired) electrons. The van der Waals surface area contributed by atoms with Crippen molar-refractivity contribution in [3.05, 3.63) is 106 Å². The standard InChI is InChI=1S/C31H32F2N2O3/c1-3-21-5-4-6-25(15-21)31(12-13-31)34-20-29(36)28(18-23-16-26(32)19-27(33)17-23)35-30(37)24-9-7-22(8-10-24)11-14-38-2/h1,4-10,15-17,19,28-29,34,36H,11-14,18,20H2,2H3,(H,35,37)/t28-,29+/m0/s1. The van der Waals surface area contributed by atoms with E-state index in [9.17, 15) is 18.7 Å². The Labute approximate surface area is 222 Å². The Morgan fingerprint density at radius 1 is 1.08 bits per heavy atom. The van der Waals surface area contributed by atoms with Gasteiger partial charge in [0.05, 0.1) is 18.8 Å². The number of methoxy groups -OCH3 is 1. The van der Waals surface area contributed by atoms with Gasteiger partial charge in [0.1, 0.15) is 11.6 Å². The van der Waals surface area contributed by atoms with Gasteiger partial charge in [-0.05, 0) is 78.8 Å². The van der Waals surface area contributed by atoms with Crippen LogP contribution in [0.4, 0.5) is 8.78 Å². The summed E-state index contributed by atoms with van der Waals surface area (Å²) in [5, 5.41) is 17.5. The van der Waals surface area contributed by atoms with E-state index in [1.807, 2.05) is 36.4 Å². The fourth-order valence-corrected chi connectivity index (χ4v) is 4.60. The lowest BCUT2D eigenvalue weighted by atomic mass is 9.98. The maximum Gasteiger partial charge on any atom is 0.251 e. The lowest BCUT2D eigenvalue weighted by Crippen LogP contribution is -2.50. The molecule has 0 aromatic heterocycles. The molecule has 0 bridgehead atoms. The minimum atomic E-state index is -1.03. The number of carbonyl (C=O) groups excluding carboxylic acids is 1. The molecule has 1 fully saturated rings. The zero-order valence-corrected chi connectivity index (χ0v) is 21.3. The van der Waals surface area contributed by atoms with E-state index in [2.05, 4.69) is 16.6 Å². The maximum atomic E-state index is 13.9. The van der Waals surface area contributed by atoms with E-state index in [4.69, 9.17) is 11.2 Å². The van der Waals surface area contributed by atoms with Crippen LogP contribution in [0.5, 0.6) is 0 Å². The number of hydrogen-bond donors (Lipinski definition) is 3. The number of nitrogens with one attached hydrogen (secondary N) is 2. The first-order valence-corrected chi connectivity index (χ1v) is 12.7. The normalized spacial score (nSPS) is 15.3. The largest absolute Gasteiger partial charge is 0.390 e. The Morgan fingerprint density at radius 3 is 2.42 bits per heavy atom. The Hall–Kier alpha value is -3.57. The van der Waals surface area contributed by atoms with Gasteiger partial charge >= 0.3 is 0 Å². The van der Waals surface area contributed by atoms with Crippen molar-refractivity contribution in [3.8, 4) is 12.3 Å². The summed E-state index contributed by atoms with van der Waals surface area (Å²) in [5.41, 5.74) is 3.31. The molecule has 4 rings (SSSR count). The van der Waals surface area contributed by atoms with Crippen LogP contribution in [0.3, 0.4) is 0 Å². The highest BCUT2D eigenvalue weighted by Gasteiger charge is 2.44. The summed E-state index contributed by atoms with van der Waals surface area (Å²) in [5.74, 6) is 0.836. The van der Waals surface area contributed by atoms with E-state index in [0.29, 0.717) is 17.7 Å². The summed E-state index contributed by atoms with van der Waals surface area (Å²) in [7, 11) is 1.63. The van der Waals surface area contributed by atoms with E-state index in [0.717, 1.165) is 42.0 Å². The van der Waals surface area contributed by atoms with Gasteiger partial charge in [0.25, 0.3) is 5.91 Å². The van der Waals surface area contributed by atoms with Gasteiger partial charge in [-0.15, -0.1) is 6.42 Å². The Balaban J connectivity index is 1.48. The number of benzene rings is 3. The molecule has 3 aromatic rings. The molecule has 38 heavy (non-hydrogen) atoms. The molecule has 0 aliphatic heterocycles. The molecular weight excluding hydrogens is 486 g/mol. The molecule has 0 saturated heterocycles. The summed E-state index contributed by atoms with van der Waals surface area (Å²) in [4.78, 5) is 13.1. The number of carbonyl (C=O) groups is 1. The molecule has 0 heterocycles. The van der Waals surface area contributed by atoms with E-state index >= 15 is 0 Å². The SMILES string of the molecule is C#Cc1cccc(C2(NC[C@@H](O)[C@H](Cc3cc(F)cc(F)c3)NC(=O)c3ccc(CCOC)cc3)CC2)c1. The van der Waals surface area contributed by atoms with Crippen LogP contribution in [0.25, 0.3) is 0 Å². The number of amides is 1. The van der Waals surface area contributed by atoms with E-state index < -0.39 is 23.8 Å². The molecule has 5 nitrogen and oxygen atoms in total. The lowest BCUT2D eigenvalue weighted by molar-refractivity contribution is 0.0822. The summed E-state index contributed by atoms with van der Waals surface area (Å²) in [6, 6.07) is 17.3. The second kappa shape index (κ2) is 12.3. The number of ether oxygens (including phenoxy) is 1. The van der Waals surface area contributed by atoms with Crippen LogP contribution in [0.15, 0.2) is 66.7 Å². The number of rotatable bonds is 12. The predicted octanol–water partition coefficient (Wildman–Crippen LogP) is 4.12. The van der Waals surface area contributed by atoms with Gasteiger partial charge in [0.15, 0.2) is 0 Å². The highest BCUT2D eigenvalue weighted by atomic mass is 19.1. The molecule has 0 spiro atoms. The first-order chi connectivity index (χ1) is 18.3. The van der Waals surface area contributed by atoms with Gasteiger partial charge in [0.2, 0.25) is 0 Å². The molecule has 3 N–H and O–H groups in total. The zero-order chi connectivity index (χ0) is 27.1. The Morgan fingerprint density at radius 2 is 1.79 bits per heavy atom. The number of terminal acetylenes is 1. The molecule has 1 saturated carbocycles. The maximum absolute atomic E-state index is 13.9. The predicted molar refractivity (Wildman–Crippen MR) is 143 cm³/mol. The van der Waals surface area contributed by atoms with Crippen molar-refractivity contribution in [1.29, 1.82) is 0 Å². The first kappa shape index (κ1) is 27.5. The molecular formula is C31H32F2N2O3. The number of aliphatic hydroxyl groups excluding tert-OH is 1. The third kappa shape index (κ3) is 7.05. The van der Waals surface area contributed by atoms with E-state index in [1.165, 1.54) is 12.1 Å². The van der Waals surface area contributed by atoms with Gasteiger partial charge in [0, 0.05) is 36.4 Å². The quantitative estimate of drug-likeness (QED) is 0.316. The molecule has 1 amide bonds. The number of aliphatic hydroxyl groups is 1. The molecule has 198 valence electrons. The fourth-order valence-electron chi connectivity index (χ4n) is 4.60. The number of halogens is 2. The minimum absolute atomic E-state index is 0.0504. The van der Waals surface area contributed by atoms with Crippen LogP contribution in [-0.2, 0) is 23.1 Å². The van der Waals surface area contributed by atoms with Gasteiger partial charge in [-0.2, -0.15) is 0 Å². The van der Waals surface area contributed by atoms with Crippen LogP contribution in [0.2, 0.25) is 0 Å². The average molecular weight is 519 g/mol. The van der Waals surface area contributed by atoms with E-state index in [1.54, 1.807) is 19.2 Å². The Kier molecular flexibility index (Phi) is 8.90. The molecule has 0 unspecified atom stereocenters. The second-order valence-electron chi connectivity index (χ2n) is 9.76. The summed E-state index contributed by atoms with van der Waals surface area (Å²) < 4.78 is 32.8. The second-order valence-corrected chi connectivity index (χ2v) is 9.76. The number of hydrogen-bond acceptors (Lipinski definition) is 4. The van der Waals surface area contributed by atoms with Gasteiger partial charge in [-0.25, -0.2) is 8.78 Å². The van der Waals surface area contributed by atoms with Crippen LogP contribution in [0, 0.1) is 24.0 Å². The highest BCUT2D eigenvalue weighted by molar-refractivity contribution is 5.94. The minimum Gasteiger partial charge on any atom is -0.390 e. The smallest absolute Gasteiger partial charge is 0.251 e. The van der Waals surface area contributed by atoms with Crippen molar-refractivity contribution in [2.45, 2.75) is 43.4 Å². The summed E-state index contributed by atoms with van der Waals surface area (Å²) >= 11 is 0. The molecule has 7 heteroatoms. The average Bonchev–Trinajstić information content (AvgIpc) is 3.71. The van der Waals surface area contributed by atoms with Crippen LogP contribution < -0.4 is 10.6 Å². The Bertz CT molecular complexity index is 1280. The zero-order valence-electron chi connectivity index (χ0n) is 21.3. The lowest BCUT2D eigenvalue weighted by Gasteiger charge is -2.27. The fraction of sp³-hybridized carbons (Fsp3) is 0.323. The summed E-state index contributed by atoms with van der Waals surface area (Å²) in [6.45, 7) is 0.741. The van der Waals surface area contributed by atoms with Crippen molar-refractivity contribution in [2.24, 2.45) is 0 Å². The van der Waals surface area contributed by atoms with Gasteiger partial charge < -0.3 is 20.5 Å². The van der Waals surface area contributed by atoms with Gasteiger partial charge in [-0.1, -0.05) is 30.2 Å². The summed E-state index contributed by atoms with van der Waals surface area (Å²) in [6.07, 6.45) is 7.07. The van der Waals surface area contributed by atoms with Crippen LogP contribution in [-0.4, -0.2) is 43.4 Å². The van der Waals surface area contributed by atoms with Crippen molar-refractivity contribution < 1.29 is 23.4 Å². The first-order valence-electron chi connectivity index (χ1n) is 12.7. The molecule has 2 atom stereocenters. The third-order valence-electron chi connectivity index (χ3n) is 6.95. The van der Waals surface area contributed by atoms with Crippen molar-refractivity contribution >= 4 is 5.91 Å². The highest BCUT2D eigenvalue weighted by Crippen LogP contribution is 2.45.